The first kappa shape index (κ1) is 16.0. The van der Waals surface area contributed by atoms with Gasteiger partial charge < -0.3 is 5.32 Å². The molecule has 0 spiro atoms. The van der Waals surface area contributed by atoms with Gasteiger partial charge in [0.15, 0.2) is 0 Å². The third-order valence-electron chi connectivity index (χ3n) is 3.80. The van der Waals surface area contributed by atoms with E-state index in [1.165, 1.54) is 5.56 Å². The lowest BCUT2D eigenvalue weighted by atomic mass is 9.89. The van der Waals surface area contributed by atoms with Crippen molar-refractivity contribution in [3.05, 3.63) is 69.0 Å². The molecule has 2 rings (SSSR count). The summed E-state index contributed by atoms with van der Waals surface area (Å²) in [5, 5.41) is 4.25. The zero-order valence-electron chi connectivity index (χ0n) is 12.9. The van der Waals surface area contributed by atoms with Crippen molar-refractivity contribution in [1.82, 2.24) is 5.32 Å². The van der Waals surface area contributed by atoms with E-state index in [4.69, 9.17) is 11.6 Å². The van der Waals surface area contributed by atoms with E-state index in [2.05, 4.69) is 19.2 Å². The normalized spacial score (nSPS) is 12.5. The molecule has 0 amide bonds. The lowest BCUT2D eigenvalue weighted by Crippen LogP contribution is -2.24. The van der Waals surface area contributed by atoms with E-state index in [1.54, 1.807) is 12.1 Å². The Bertz CT molecular complexity index is 629. The van der Waals surface area contributed by atoms with E-state index in [9.17, 15) is 4.39 Å². The summed E-state index contributed by atoms with van der Waals surface area (Å²) >= 11 is 6.06. The summed E-state index contributed by atoms with van der Waals surface area (Å²) in [6.45, 7) is 8.89. The van der Waals surface area contributed by atoms with E-state index >= 15 is 0 Å². The molecule has 0 fully saturated rings. The minimum Gasteiger partial charge on any atom is -0.307 e. The number of nitrogens with one attached hydrogen (secondary N) is 1. The monoisotopic (exact) mass is 305 g/mol. The van der Waals surface area contributed by atoms with Crippen LogP contribution in [-0.4, -0.2) is 6.54 Å². The Morgan fingerprint density at radius 1 is 1.05 bits per heavy atom. The summed E-state index contributed by atoms with van der Waals surface area (Å²) in [7, 11) is 0. The standard InChI is InChI=1S/C18H21ClFN/c1-5-21-18(16-7-6-14(19)8-11(16)2)17-12(3)9-15(20)10-13(17)4/h6-10,18,21H,5H2,1-4H3. The third kappa shape index (κ3) is 3.45. The maximum absolute atomic E-state index is 13.6. The van der Waals surface area contributed by atoms with Gasteiger partial charge >= 0.3 is 0 Å². The molecule has 0 aliphatic rings. The van der Waals surface area contributed by atoms with Gasteiger partial charge in [-0.3, -0.25) is 0 Å². The molecule has 0 aliphatic heterocycles. The number of aryl methyl sites for hydroxylation is 3. The first-order valence-electron chi connectivity index (χ1n) is 7.20. The van der Waals surface area contributed by atoms with Crippen LogP contribution in [0.2, 0.25) is 5.02 Å². The molecule has 0 radical (unpaired) electrons. The predicted molar refractivity (Wildman–Crippen MR) is 87.6 cm³/mol. The number of benzene rings is 2. The second-order valence-corrected chi connectivity index (χ2v) is 5.88. The van der Waals surface area contributed by atoms with Gasteiger partial charge in [-0.25, -0.2) is 4.39 Å². The average Bonchev–Trinajstić information content (AvgIpc) is 2.37. The average molecular weight is 306 g/mol. The van der Waals surface area contributed by atoms with Crippen molar-refractivity contribution >= 4 is 11.6 Å². The summed E-state index contributed by atoms with van der Waals surface area (Å²) < 4.78 is 13.6. The zero-order valence-corrected chi connectivity index (χ0v) is 13.7. The summed E-state index contributed by atoms with van der Waals surface area (Å²) in [4.78, 5) is 0. The van der Waals surface area contributed by atoms with Gasteiger partial charge in [-0.2, -0.15) is 0 Å². The summed E-state index contributed by atoms with van der Waals surface area (Å²) in [5.74, 6) is -0.183. The Hall–Kier alpha value is -1.38. The van der Waals surface area contributed by atoms with E-state index < -0.39 is 0 Å². The summed E-state index contributed by atoms with van der Waals surface area (Å²) in [5.41, 5.74) is 5.39. The molecular weight excluding hydrogens is 285 g/mol. The van der Waals surface area contributed by atoms with Crippen LogP contribution in [0.1, 0.15) is 40.8 Å². The first-order valence-corrected chi connectivity index (χ1v) is 7.58. The van der Waals surface area contributed by atoms with Crippen molar-refractivity contribution in [1.29, 1.82) is 0 Å². The highest BCUT2D eigenvalue weighted by atomic mass is 35.5. The van der Waals surface area contributed by atoms with Crippen LogP contribution in [0.15, 0.2) is 30.3 Å². The molecule has 0 heterocycles. The lowest BCUT2D eigenvalue weighted by Gasteiger charge is -2.25. The molecule has 2 aromatic carbocycles. The fourth-order valence-electron chi connectivity index (χ4n) is 2.91. The minimum absolute atomic E-state index is 0.0490. The quantitative estimate of drug-likeness (QED) is 0.828. The van der Waals surface area contributed by atoms with Crippen LogP contribution >= 0.6 is 11.6 Å². The maximum atomic E-state index is 13.6. The Kier molecular flexibility index (Phi) is 5.02. The minimum atomic E-state index is -0.183. The van der Waals surface area contributed by atoms with Crippen LogP contribution < -0.4 is 5.32 Å². The van der Waals surface area contributed by atoms with E-state index in [1.807, 2.05) is 32.0 Å². The van der Waals surface area contributed by atoms with Gasteiger partial charge in [-0.1, -0.05) is 24.6 Å². The molecule has 1 N–H and O–H groups in total. The number of hydrogen-bond acceptors (Lipinski definition) is 1. The van der Waals surface area contributed by atoms with E-state index in [-0.39, 0.29) is 11.9 Å². The van der Waals surface area contributed by atoms with E-state index in [0.29, 0.717) is 0 Å². The fourth-order valence-corrected chi connectivity index (χ4v) is 3.14. The summed E-state index contributed by atoms with van der Waals surface area (Å²) in [6, 6.07) is 9.16. The van der Waals surface area contributed by atoms with Crippen molar-refractivity contribution in [2.75, 3.05) is 6.54 Å². The molecular formula is C18H21ClFN. The van der Waals surface area contributed by atoms with Gasteiger partial charge in [0.2, 0.25) is 0 Å². The molecule has 0 aliphatic carbocycles. The van der Waals surface area contributed by atoms with Gasteiger partial charge in [0, 0.05) is 5.02 Å². The highest BCUT2D eigenvalue weighted by Gasteiger charge is 2.20. The van der Waals surface area contributed by atoms with Crippen molar-refractivity contribution in [2.45, 2.75) is 33.7 Å². The molecule has 1 atom stereocenters. The van der Waals surface area contributed by atoms with Crippen molar-refractivity contribution < 1.29 is 4.39 Å². The lowest BCUT2D eigenvalue weighted by molar-refractivity contribution is 0.605. The smallest absolute Gasteiger partial charge is 0.123 e. The highest BCUT2D eigenvalue weighted by Crippen LogP contribution is 2.31. The predicted octanol–water partition coefficient (Wildman–Crippen LogP) is 5.10. The Morgan fingerprint density at radius 3 is 2.19 bits per heavy atom. The molecule has 0 saturated heterocycles. The van der Waals surface area contributed by atoms with Crippen LogP contribution in [-0.2, 0) is 0 Å². The molecule has 2 aromatic rings. The fraction of sp³-hybridized carbons (Fsp3) is 0.333. The second kappa shape index (κ2) is 6.59. The molecule has 0 saturated carbocycles. The maximum Gasteiger partial charge on any atom is 0.123 e. The van der Waals surface area contributed by atoms with Crippen LogP contribution in [0, 0.1) is 26.6 Å². The Morgan fingerprint density at radius 2 is 1.67 bits per heavy atom. The van der Waals surface area contributed by atoms with Crippen molar-refractivity contribution in [3.8, 4) is 0 Å². The topological polar surface area (TPSA) is 12.0 Å². The van der Waals surface area contributed by atoms with Gasteiger partial charge in [0.05, 0.1) is 6.04 Å². The Labute approximate surface area is 131 Å². The molecule has 112 valence electrons. The molecule has 3 heteroatoms. The van der Waals surface area contributed by atoms with Crippen molar-refractivity contribution in [2.24, 2.45) is 0 Å². The first-order chi connectivity index (χ1) is 9.93. The summed E-state index contributed by atoms with van der Waals surface area (Å²) in [6.07, 6.45) is 0. The molecule has 0 aromatic heterocycles. The van der Waals surface area contributed by atoms with Crippen LogP contribution in [0.4, 0.5) is 4.39 Å². The van der Waals surface area contributed by atoms with Crippen LogP contribution in [0.3, 0.4) is 0 Å². The number of hydrogen-bond donors (Lipinski definition) is 1. The molecule has 21 heavy (non-hydrogen) atoms. The number of halogens is 2. The van der Waals surface area contributed by atoms with Gasteiger partial charge in [0.25, 0.3) is 0 Å². The van der Waals surface area contributed by atoms with Gasteiger partial charge in [-0.15, -0.1) is 0 Å². The van der Waals surface area contributed by atoms with Crippen LogP contribution in [0.25, 0.3) is 0 Å². The highest BCUT2D eigenvalue weighted by molar-refractivity contribution is 6.30. The molecule has 1 unspecified atom stereocenters. The number of rotatable bonds is 4. The second-order valence-electron chi connectivity index (χ2n) is 5.44. The third-order valence-corrected chi connectivity index (χ3v) is 4.03. The van der Waals surface area contributed by atoms with Gasteiger partial charge in [-0.05, 0) is 79.4 Å². The molecule has 0 bridgehead atoms. The van der Waals surface area contributed by atoms with E-state index in [0.717, 1.165) is 33.8 Å². The zero-order chi connectivity index (χ0) is 15.6. The van der Waals surface area contributed by atoms with Crippen molar-refractivity contribution in [3.63, 3.8) is 0 Å². The Balaban J connectivity index is 2.59. The molecule has 1 nitrogen and oxygen atoms in total. The SMILES string of the molecule is CCNC(c1ccc(Cl)cc1C)c1c(C)cc(F)cc1C. The van der Waals surface area contributed by atoms with Crippen LogP contribution in [0.5, 0.6) is 0 Å². The van der Waals surface area contributed by atoms with Gasteiger partial charge in [0.1, 0.15) is 5.82 Å². The largest absolute Gasteiger partial charge is 0.307 e.